The molecule has 124 valence electrons. The summed E-state index contributed by atoms with van der Waals surface area (Å²) in [5.41, 5.74) is 2.88. The van der Waals surface area contributed by atoms with Gasteiger partial charge >= 0.3 is 11.8 Å². The van der Waals surface area contributed by atoms with Crippen LogP contribution in [0.25, 0.3) is 0 Å². The van der Waals surface area contributed by atoms with E-state index in [0.29, 0.717) is 15.6 Å². The standard InChI is InChI=1S/C16H19Cl2N3O2/c17-13-8-7-11(9-14(13)18)10-19-21-16(23)15(22)20-12-5-3-1-2-4-6-12/h7-10,12H,1-6H2,(H,20,22)(H,21,23). The van der Waals surface area contributed by atoms with Gasteiger partial charge in [0.15, 0.2) is 0 Å². The molecule has 1 aromatic carbocycles. The van der Waals surface area contributed by atoms with Crippen LogP contribution in [-0.4, -0.2) is 24.1 Å². The number of benzene rings is 1. The largest absolute Gasteiger partial charge is 0.345 e. The van der Waals surface area contributed by atoms with E-state index in [2.05, 4.69) is 15.8 Å². The molecular weight excluding hydrogens is 337 g/mol. The van der Waals surface area contributed by atoms with Crippen LogP contribution in [0.1, 0.15) is 44.1 Å². The Bertz CT molecular complexity index is 597. The lowest BCUT2D eigenvalue weighted by atomic mass is 10.1. The summed E-state index contributed by atoms with van der Waals surface area (Å²) < 4.78 is 0. The summed E-state index contributed by atoms with van der Waals surface area (Å²) in [5.74, 6) is -1.42. The van der Waals surface area contributed by atoms with Crippen molar-refractivity contribution in [2.75, 3.05) is 0 Å². The Balaban J connectivity index is 1.82. The lowest BCUT2D eigenvalue weighted by molar-refractivity contribution is -0.139. The van der Waals surface area contributed by atoms with E-state index in [1.54, 1.807) is 18.2 Å². The predicted octanol–water partition coefficient (Wildman–Crippen LogP) is 3.28. The zero-order valence-corrected chi connectivity index (χ0v) is 14.2. The van der Waals surface area contributed by atoms with Gasteiger partial charge in [-0.2, -0.15) is 5.10 Å². The minimum Gasteiger partial charge on any atom is -0.345 e. The highest BCUT2D eigenvalue weighted by molar-refractivity contribution is 6.42. The van der Waals surface area contributed by atoms with Crippen molar-refractivity contribution in [1.29, 1.82) is 0 Å². The van der Waals surface area contributed by atoms with Crippen molar-refractivity contribution >= 4 is 41.2 Å². The van der Waals surface area contributed by atoms with Gasteiger partial charge in [-0.15, -0.1) is 0 Å². The molecular formula is C16H19Cl2N3O2. The molecule has 23 heavy (non-hydrogen) atoms. The van der Waals surface area contributed by atoms with Crippen molar-refractivity contribution < 1.29 is 9.59 Å². The summed E-state index contributed by atoms with van der Waals surface area (Å²) in [6.45, 7) is 0. The maximum Gasteiger partial charge on any atom is 0.329 e. The summed E-state index contributed by atoms with van der Waals surface area (Å²) in [5, 5.41) is 7.36. The van der Waals surface area contributed by atoms with Gasteiger partial charge in [0.2, 0.25) is 0 Å². The summed E-state index contributed by atoms with van der Waals surface area (Å²) in [6.07, 6.45) is 7.79. The van der Waals surface area contributed by atoms with E-state index in [0.717, 1.165) is 25.7 Å². The number of nitrogens with zero attached hydrogens (tertiary/aromatic N) is 1. The number of amides is 2. The molecule has 0 atom stereocenters. The Morgan fingerprint density at radius 3 is 2.39 bits per heavy atom. The fraction of sp³-hybridized carbons (Fsp3) is 0.438. The number of rotatable bonds is 3. The highest BCUT2D eigenvalue weighted by Crippen LogP contribution is 2.21. The third kappa shape index (κ3) is 5.84. The van der Waals surface area contributed by atoms with E-state index in [4.69, 9.17) is 23.2 Å². The Labute approximate surface area is 145 Å². The van der Waals surface area contributed by atoms with E-state index in [-0.39, 0.29) is 6.04 Å². The van der Waals surface area contributed by atoms with E-state index < -0.39 is 11.8 Å². The number of hydrazone groups is 1. The van der Waals surface area contributed by atoms with Crippen molar-refractivity contribution in [2.24, 2.45) is 5.10 Å². The van der Waals surface area contributed by atoms with E-state index in [1.807, 2.05) is 0 Å². The van der Waals surface area contributed by atoms with Crippen LogP contribution in [0.3, 0.4) is 0 Å². The quantitative estimate of drug-likeness (QED) is 0.378. The molecule has 7 heteroatoms. The van der Waals surface area contributed by atoms with Crippen LogP contribution in [0.15, 0.2) is 23.3 Å². The summed E-state index contributed by atoms with van der Waals surface area (Å²) in [7, 11) is 0. The molecule has 0 unspecified atom stereocenters. The highest BCUT2D eigenvalue weighted by atomic mass is 35.5. The molecule has 0 heterocycles. The lowest BCUT2D eigenvalue weighted by Crippen LogP contribution is -2.43. The second-order valence-corrected chi connectivity index (χ2v) is 6.35. The molecule has 1 saturated carbocycles. The van der Waals surface area contributed by atoms with Crippen molar-refractivity contribution in [1.82, 2.24) is 10.7 Å². The summed E-state index contributed by atoms with van der Waals surface area (Å²) in [6, 6.07) is 5.03. The fourth-order valence-corrected chi connectivity index (χ4v) is 2.79. The first kappa shape index (κ1) is 17.8. The number of carbonyl (C=O) groups excluding carboxylic acids is 2. The number of nitrogens with one attached hydrogen (secondary N) is 2. The topological polar surface area (TPSA) is 70.6 Å². The Kier molecular flexibility index (Phi) is 6.86. The van der Waals surface area contributed by atoms with Crippen molar-refractivity contribution in [3.8, 4) is 0 Å². The molecule has 1 fully saturated rings. The Morgan fingerprint density at radius 1 is 1.04 bits per heavy atom. The highest BCUT2D eigenvalue weighted by Gasteiger charge is 2.19. The van der Waals surface area contributed by atoms with E-state index >= 15 is 0 Å². The van der Waals surface area contributed by atoms with Crippen molar-refractivity contribution in [3.05, 3.63) is 33.8 Å². The third-order valence-corrected chi connectivity index (χ3v) is 4.46. The summed E-state index contributed by atoms with van der Waals surface area (Å²) in [4.78, 5) is 23.6. The average molecular weight is 356 g/mol. The monoisotopic (exact) mass is 355 g/mol. The van der Waals surface area contributed by atoms with Gasteiger partial charge in [-0.3, -0.25) is 9.59 Å². The van der Waals surface area contributed by atoms with Gasteiger partial charge in [0.1, 0.15) is 0 Å². The van der Waals surface area contributed by atoms with Gasteiger partial charge in [-0.1, -0.05) is 55.0 Å². The number of hydrogen-bond acceptors (Lipinski definition) is 3. The third-order valence-electron chi connectivity index (χ3n) is 3.72. The molecule has 0 bridgehead atoms. The maximum absolute atomic E-state index is 11.8. The second-order valence-electron chi connectivity index (χ2n) is 5.53. The zero-order valence-electron chi connectivity index (χ0n) is 12.6. The van der Waals surface area contributed by atoms with Gasteiger partial charge in [0.05, 0.1) is 16.3 Å². The average Bonchev–Trinajstić information content (AvgIpc) is 2.79. The number of hydrogen-bond donors (Lipinski definition) is 2. The molecule has 2 amide bonds. The van der Waals surface area contributed by atoms with E-state index in [1.165, 1.54) is 19.1 Å². The molecule has 0 spiro atoms. The molecule has 1 aromatic rings. The van der Waals surface area contributed by atoms with Crippen LogP contribution in [-0.2, 0) is 9.59 Å². The maximum atomic E-state index is 11.8. The smallest absolute Gasteiger partial charge is 0.329 e. The molecule has 2 rings (SSSR count). The number of halogens is 2. The minimum absolute atomic E-state index is 0.0785. The van der Waals surface area contributed by atoms with Gasteiger partial charge in [-0.05, 0) is 30.5 Å². The normalized spacial score (nSPS) is 16.1. The molecule has 1 aliphatic carbocycles. The van der Waals surface area contributed by atoms with Crippen molar-refractivity contribution in [3.63, 3.8) is 0 Å². The molecule has 5 nitrogen and oxygen atoms in total. The van der Waals surface area contributed by atoms with Crippen LogP contribution in [0, 0.1) is 0 Å². The molecule has 0 aliphatic heterocycles. The van der Waals surface area contributed by atoms with Crippen LogP contribution in [0.5, 0.6) is 0 Å². The molecule has 0 radical (unpaired) electrons. The first-order valence-corrected chi connectivity index (χ1v) is 8.41. The van der Waals surface area contributed by atoms with Crippen molar-refractivity contribution in [2.45, 2.75) is 44.6 Å². The first-order valence-electron chi connectivity index (χ1n) is 7.65. The van der Waals surface area contributed by atoms with Crippen LogP contribution in [0.4, 0.5) is 0 Å². The van der Waals surface area contributed by atoms with Gasteiger partial charge in [0, 0.05) is 6.04 Å². The fourth-order valence-electron chi connectivity index (χ4n) is 2.48. The Hall–Kier alpha value is -1.59. The zero-order chi connectivity index (χ0) is 16.7. The van der Waals surface area contributed by atoms with Crippen LogP contribution in [0.2, 0.25) is 10.0 Å². The molecule has 1 aliphatic rings. The Morgan fingerprint density at radius 2 is 1.74 bits per heavy atom. The van der Waals surface area contributed by atoms with Crippen LogP contribution >= 0.6 is 23.2 Å². The predicted molar refractivity (Wildman–Crippen MR) is 91.8 cm³/mol. The van der Waals surface area contributed by atoms with Crippen LogP contribution < -0.4 is 10.7 Å². The SMILES string of the molecule is O=C(NN=Cc1ccc(Cl)c(Cl)c1)C(=O)NC1CCCCCC1. The minimum atomic E-state index is -0.773. The molecule has 0 saturated heterocycles. The van der Waals surface area contributed by atoms with Gasteiger partial charge < -0.3 is 5.32 Å². The summed E-state index contributed by atoms with van der Waals surface area (Å²) >= 11 is 11.7. The first-order chi connectivity index (χ1) is 11.1. The van der Waals surface area contributed by atoms with Gasteiger partial charge in [0.25, 0.3) is 0 Å². The van der Waals surface area contributed by atoms with Gasteiger partial charge in [-0.25, -0.2) is 5.43 Å². The molecule has 2 N–H and O–H groups in total. The second kappa shape index (κ2) is 8.89. The lowest BCUT2D eigenvalue weighted by Gasteiger charge is -2.14. The number of carbonyl (C=O) groups is 2. The van der Waals surface area contributed by atoms with E-state index in [9.17, 15) is 9.59 Å². The molecule has 0 aromatic heterocycles.